The van der Waals surface area contributed by atoms with Crippen LogP contribution < -0.4 is 0 Å². The standard InChI is InChI=1S/C21H20BrN3O3/c1-14-17-12-15(22)5-6-18(17)28-20(14)21(27)25-10-8-24(9-11-25)19(26)13-16-4-2-3-7-23-16/h2-7,12H,8-11,13H2,1H3. The molecule has 2 aromatic heterocycles. The summed E-state index contributed by atoms with van der Waals surface area (Å²) >= 11 is 3.45. The minimum atomic E-state index is -0.123. The van der Waals surface area contributed by atoms with Crippen molar-refractivity contribution in [3.63, 3.8) is 0 Å². The molecule has 2 amide bonds. The third kappa shape index (κ3) is 3.67. The maximum Gasteiger partial charge on any atom is 0.290 e. The van der Waals surface area contributed by atoms with Crippen molar-refractivity contribution in [2.24, 2.45) is 0 Å². The largest absolute Gasteiger partial charge is 0.451 e. The van der Waals surface area contributed by atoms with E-state index in [-0.39, 0.29) is 18.2 Å². The molecule has 0 aliphatic carbocycles. The molecule has 144 valence electrons. The molecule has 1 fully saturated rings. The molecule has 28 heavy (non-hydrogen) atoms. The van der Waals surface area contributed by atoms with Crippen molar-refractivity contribution in [1.29, 1.82) is 0 Å². The van der Waals surface area contributed by atoms with Crippen LogP contribution in [0.25, 0.3) is 11.0 Å². The topological polar surface area (TPSA) is 66.7 Å². The Kier molecular flexibility index (Phi) is 5.17. The summed E-state index contributed by atoms with van der Waals surface area (Å²) in [5, 5.41) is 0.932. The van der Waals surface area contributed by atoms with E-state index in [1.807, 2.05) is 43.3 Å². The lowest BCUT2D eigenvalue weighted by Gasteiger charge is -2.34. The van der Waals surface area contributed by atoms with Gasteiger partial charge in [0.25, 0.3) is 5.91 Å². The van der Waals surface area contributed by atoms with Gasteiger partial charge in [0.15, 0.2) is 5.76 Å². The van der Waals surface area contributed by atoms with E-state index in [1.54, 1.807) is 16.0 Å². The van der Waals surface area contributed by atoms with Crippen molar-refractivity contribution >= 4 is 38.7 Å². The number of nitrogens with zero attached hydrogens (tertiary/aromatic N) is 3. The first-order valence-corrected chi connectivity index (χ1v) is 9.98. The first-order valence-electron chi connectivity index (χ1n) is 9.18. The molecule has 3 aromatic rings. The Morgan fingerprint density at radius 3 is 2.57 bits per heavy atom. The quantitative estimate of drug-likeness (QED) is 0.624. The number of fused-ring (bicyclic) bond motifs is 1. The van der Waals surface area contributed by atoms with E-state index in [0.717, 1.165) is 21.1 Å². The molecule has 3 heterocycles. The molecule has 0 unspecified atom stereocenters. The first kappa shape index (κ1) is 18.7. The molecule has 0 spiro atoms. The van der Waals surface area contributed by atoms with Gasteiger partial charge in [0.2, 0.25) is 5.91 Å². The van der Waals surface area contributed by atoms with E-state index in [0.29, 0.717) is 37.5 Å². The van der Waals surface area contributed by atoms with Crippen LogP contribution in [-0.2, 0) is 11.2 Å². The summed E-state index contributed by atoms with van der Waals surface area (Å²) in [5.41, 5.74) is 2.30. The molecule has 1 aliphatic rings. The van der Waals surface area contributed by atoms with Crippen LogP contribution in [0.2, 0.25) is 0 Å². The zero-order valence-electron chi connectivity index (χ0n) is 15.5. The zero-order chi connectivity index (χ0) is 19.7. The number of pyridine rings is 1. The fraction of sp³-hybridized carbons (Fsp3) is 0.286. The Morgan fingerprint density at radius 2 is 1.86 bits per heavy atom. The number of hydrogen-bond acceptors (Lipinski definition) is 4. The van der Waals surface area contributed by atoms with Crippen LogP contribution in [0, 0.1) is 6.92 Å². The molecule has 1 aliphatic heterocycles. The Balaban J connectivity index is 1.42. The van der Waals surface area contributed by atoms with E-state index < -0.39 is 0 Å². The van der Waals surface area contributed by atoms with Crippen LogP contribution in [0.3, 0.4) is 0 Å². The lowest BCUT2D eigenvalue weighted by molar-refractivity contribution is -0.132. The van der Waals surface area contributed by atoms with E-state index in [1.165, 1.54) is 0 Å². The summed E-state index contributed by atoms with van der Waals surface area (Å²) in [5.74, 6) is 0.290. The number of carbonyl (C=O) groups excluding carboxylic acids is 2. The van der Waals surface area contributed by atoms with Crippen molar-refractivity contribution in [2.45, 2.75) is 13.3 Å². The van der Waals surface area contributed by atoms with Gasteiger partial charge in [0.1, 0.15) is 5.58 Å². The summed E-state index contributed by atoms with van der Waals surface area (Å²) in [6, 6.07) is 11.3. The van der Waals surface area contributed by atoms with Crippen molar-refractivity contribution in [2.75, 3.05) is 26.2 Å². The second-order valence-electron chi connectivity index (χ2n) is 6.87. The van der Waals surface area contributed by atoms with Crippen molar-refractivity contribution < 1.29 is 14.0 Å². The third-order valence-electron chi connectivity index (χ3n) is 5.07. The zero-order valence-corrected chi connectivity index (χ0v) is 17.1. The number of aromatic nitrogens is 1. The molecular weight excluding hydrogens is 422 g/mol. The number of amides is 2. The Labute approximate surface area is 171 Å². The normalized spacial score (nSPS) is 14.5. The molecule has 6 nitrogen and oxygen atoms in total. The number of aryl methyl sites for hydroxylation is 1. The van der Waals surface area contributed by atoms with Gasteiger partial charge in [-0.1, -0.05) is 22.0 Å². The number of benzene rings is 1. The fourth-order valence-electron chi connectivity index (χ4n) is 3.47. The summed E-state index contributed by atoms with van der Waals surface area (Å²) in [4.78, 5) is 33.2. The van der Waals surface area contributed by atoms with Gasteiger partial charge in [-0.3, -0.25) is 14.6 Å². The first-order chi connectivity index (χ1) is 13.5. The average molecular weight is 442 g/mol. The lowest BCUT2D eigenvalue weighted by Crippen LogP contribution is -2.51. The highest BCUT2D eigenvalue weighted by Gasteiger charge is 2.28. The van der Waals surface area contributed by atoms with Crippen LogP contribution in [0.1, 0.15) is 21.8 Å². The van der Waals surface area contributed by atoms with Gasteiger partial charge in [-0.15, -0.1) is 0 Å². The van der Waals surface area contributed by atoms with Crippen molar-refractivity contribution in [1.82, 2.24) is 14.8 Å². The smallest absolute Gasteiger partial charge is 0.290 e. The summed E-state index contributed by atoms with van der Waals surface area (Å²) in [6.07, 6.45) is 1.97. The molecule has 1 saturated heterocycles. The van der Waals surface area contributed by atoms with E-state index in [9.17, 15) is 9.59 Å². The molecule has 4 rings (SSSR count). The molecule has 1 aromatic carbocycles. The Hall–Kier alpha value is -2.67. The second kappa shape index (κ2) is 7.75. The van der Waals surface area contributed by atoms with Gasteiger partial charge < -0.3 is 14.2 Å². The molecule has 0 N–H and O–H groups in total. The number of halogens is 1. The minimum Gasteiger partial charge on any atom is -0.451 e. The maximum absolute atomic E-state index is 12.9. The highest BCUT2D eigenvalue weighted by molar-refractivity contribution is 9.10. The average Bonchev–Trinajstić information content (AvgIpc) is 3.04. The minimum absolute atomic E-state index is 0.0376. The van der Waals surface area contributed by atoms with E-state index in [4.69, 9.17) is 4.42 Å². The van der Waals surface area contributed by atoms with Crippen LogP contribution in [0.15, 0.2) is 51.5 Å². The third-order valence-corrected chi connectivity index (χ3v) is 5.56. The Bertz CT molecular complexity index is 1020. The lowest BCUT2D eigenvalue weighted by atomic mass is 10.1. The molecular formula is C21H20BrN3O3. The van der Waals surface area contributed by atoms with Gasteiger partial charge in [0, 0.05) is 53.5 Å². The molecule has 0 bridgehead atoms. The van der Waals surface area contributed by atoms with Gasteiger partial charge in [-0.25, -0.2) is 0 Å². The SMILES string of the molecule is Cc1c(C(=O)N2CCN(C(=O)Cc3ccccn3)CC2)oc2ccc(Br)cc12. The Morgan fingerprint density at radius 1 is 1.11 bits per heavy atom. The summed E-state index contributed by atoms with van der Waals surface area (Å²) in [7, 11) is 0. The predicted octanol–water partition coefficient (Wildman–Crippen LogP) is 3.43. The van der Waals surface area contributed by atoms with E-state index >= 15 is 0 Å². The fourth-order valence-corrected chi connectivity index (χ4v) is 3.83. The summed E-state index contributed by atoms with van der Waals surface area (Å²) < 4.78 is 6.77. The van der Waals surface area contributed by atoms with Gasteiger partial charge in [-0.2, -0.15) is 0 Å². The van der Waals surface area contributed by atoms with Crippen LogP contribution in [0.4, 0.5) is 0 Å². The molecule has 0 saturated carbocycles. The number of rotatable bonds is 3. The number of furan rings is 1. The van der Waals surface area contributed by atoms with Crippen molar-refractivity contribution in [3.05, 3.63) is 64.1 Å². The number of carbonyl (C=O) groups is 2. The second-order valence-corrected chi connectivity index (χ2v) is 7.78. The summed E-state index contributed by atoms with van der Waals surface area (Å²) in [6.45, 7) is 3.92. The van der Waals surface area contributed by atoms with Crippen LogP contribution >= 0.6 is 15.9 Å². The highest BCUT2D eigenvalue weighted by atomic mass is 79.9. The van der Waals surface area contributed by atoms with Crippen LogP contribution in [0.5, 0.6) is 0 Å². The molecule has 7 heteroatoms. The van der Waals surface area contributed by atoms with Crippen LogP contribution in [-0.4, -0.2) is 52.8 Å². The maximum atomic E-state index is 12.9. The van der Waals surface area contributed by atoms with Gasteiger partial charge in [-0.05, 0) is 37.3 Å². The number of piperazine rings is 1. The van der Waals surface area contributed by atoms with Gasteiger partial charge >= 0.3 is 0 Å². The molecule has 0 atom stereocenters. The monoisotopic (exact) mass is 441 g/mol. The highest BCUT2D eigenvalue weighted by Crippen LogP contribution is 2.29. The van der Waals surface area contributed by atoms with Gasteiger partial charge in [0.05, 0.1) is 6.42 Å². The molecule has 0 radical (unpaired) electrons. The van der Waals surface area contributed by atoms with Crippen molar-refractivity contribution in [3.8, 4) is 0 Å². The number of hydrogen-bond donors (Lipinski definition) is 0. The van der Waals surface area contributed by atoms with E-state index in [2.05, 4.69) is 20.9 Å². The predicted molar refractivity (Wildman–Crippen MR) is 109 cm³/mol.